The molecule has 1 aromatic carbocycles. The molecule has 7 nitrogen and oxygen atoms in total. The predicted molar refractivity (Wildman–Crippen MR) is 105 cm³/mol. The van der Waals surface area contributed by atoms with Gasteiger partial charge >= 0.3 is 0 Å². The number of rotatable bonds is 3. The summed E-state index contributed by atoms with van der Waals surface area (Å²) in [6.45, 7) is 4.64. The smallest absolute Gasteiger partial charge is 0.264 e. The first-order chi connectivity index (χ1) is 13.6. The first-order valence-corrected chi connectivity index (χ1v) is 10.7. The first-order valence-electron chi connectivity index (χ1n) is 9.47. The molecule has 148 valence electrons. The van der Waals surface area contributed by atoms with E-state index in [0.29, 0.717) is 29.2 Å². The summed E-state index contributed by atoms with van der Waals surface area (Å²) in [5.41, 5.74) is 0.960. The summed E-state index contributed by atoms with van der Waals surface area (Å²) >= 11 is 8.03. The highest BCUT2D eigenvalue weighted by Crippen LogP contribution is 2.44. The van der Waals surface area contributed by atoms with Gasteiger partial charge in [-0.1, -0.05) is 41.6 Å². The number of piperidine rings is 1. The molecule has 0 aliphatic carbocycles. The normalized spacial score (nSPS) is 25.4. The van der Waals surface area contributed by atoms with Gasteiger partial charge in [-0.25, -0.2) is 4.98 Å². The van der Waals surface area contributed by atoms with E-state index < -0.39 is 5.79 Å². The Morgan fingerprint density at radius 2 is 1.96 bits per heavy atom. The van der Waals surface area contributed by atoms with Crippen LogP contribution in [0.25, 0.3) is 0 Å². The molecule has 4 heterocycles. The van der Waals surface area contributed by atoms with Crippen LogP contribution in [0.1, 0.15) is 35.1 Å². The van der Waals surface area contributed by atoms with Crippen LogP contribution in [0.4, 0.5) is 0 Å². The fraction of sp³-hybridized carbons (Fsp3) is 0.526. The lowest BCUT2D eigenvalue weighted by molar-refractivity contribution is -0.187. The van der Waals surface area contributed by atoms with Gasteiger partial charge in [0.1, 0.15) is 11.1 Å². The molecule has 0 radical (unpaired) electrons. The Hall–Kier alpha value is -1.45. The number of aryl methyl sites for hydroxylation is 1. The van der Waals surface area contributed by atoms with Crippen molar-refractivity contribution >= 4 is 29.3 Å². The number of likely N-dealkylation sites (tertiary alicyclic amines) is 1. The van der Waals surface area contributed by atoms with E-state index in [1.54, 1.807) is 6.92 Å². The zero-order valence-corrected chi connectivity index (χ0v) is 17.1. The Bertz CT molecular complexity index is 904. The number of thioether (sulfide) groups is 1. The standard InChI is InChI=1S/C19H21ClN4O3S/c1-12-21-18-24(22-12)17(25)16(28-18)15(13-4-2-3-5-14(13)20)23-8-6-19(7-9-23)26-10-11-27-19/h2-5,15-16H,6-11H2,1H3. The van der Waals surface area contributed by atoms with Crippen LogP contribution < -0.4 is 0 Å². The molecule has 0 bridgehead atoms. The summed E-state index contributed by atoms with van der Waals surface area (Å²) in [4.78, 5) is 19.9. The number of carbonyl (C=O) groups is 1. The molecule has 0 N–H and O–H groups in total. The molecule has 2 atom stereocenters. The third-order valence-electron chi connectivity index (χ3n) is 5.65. The molecule has 2 unspecified atom stereocenters. The third-order valence-corrected chi connectivity index (χ3v) is 7.18. The maximum absolute atomic E-state index is 13.1. The zero-order chi connectivity index (χ0) is 19.3. The quantitative estimate of drug-likeness (QED) is 0.756. The van der Waals surface area contributed by atoms with Gasteiger partial charge in [0.25, 0.3) is 5.91 Å². The topological polar surface area (TPSA) is 69.5 Å². The molecule has 3 aliphatic heterocycles. The van der Waals surface area contributed by atoms with Crippen LogP contribution >= 0.6 is 23.4 Å². The second kappa shape index (κ2) is 7.11. The summed E-state index contributed by atoms with van der Waals surface area (Å²) in [6, 6.07) is 7.60. The molecule has 5 rings (SSSR count). The van der Waals surface area contributed by atoms with E-state index in [2.05, 4.69) is 15.0 Å². The number of aromatic nitrogens is 3. The number of halogens is 1. The minimum atomic E-state index is -0.458. The van der Waals surface area contributed by atoms with Crippen LogP contribution in [-0.4, -0.2) is 62.9 Å². The molecular weight excluding hydrogens is 400 g/mol. The van der Waals surface area contributed by atoms with Gasteiger partial charge in [-0.15, -0.1) is 5.10 Å². The van der Waals surface area contributed by atoms with E-state index in [9.17, 15) is 4.79 Å². The van der Waals surface area contributed by atoms with E-state index in [4.69, 9.17) is 21.1 Å². The predicted octanol–water partition coefficient (Wildman–Crippen LogP) is 2.93. The van der Waals surface area contributed by atoms with Gasteiger partial charge in [0.05, 0.1) is 19.3 Å². The minimum Gasteiger partial charge on any atom is -0.347 e. The average molecular weight is 421 g/mol. The van der Waals surface area contributed by atoms with Gasteiger partial charge in [0.15, 0.2) is 10.9 Å². The van der Waals surface area contributed by atoms with Gasteiger partial charge in [-0.05, 0) is 18.6 Å². The molecule has 1 aromatic heterocycles. The highest BCUT2D eigenvalue weighted by molar-refractivity contribution is 8.00. The van der Waals surface area contributed by atoms with Crippen molar-refractivity contribution in [3.63, 3.8) is 0 Å². The lowest BCUT2D eigenvalue weighted by Gasteiger charge is -2.42. The Balaban J connectivity index is 1.46. The van der Waals surface area contributed by atoms with Crippen LogP contribution in [0, 0.1) is 6.92 Å². The van der Waals surface area contributed by atoms with Crippen molar-refractivity contribution < 1.29 is 14.3 Å². The van der Waals surface area contributed by atoms with Gasteiger partial charge in [-0.3, -0.25) is 9.69 Å². The van der Waals surface area contributed by atoms with Gasteiger partial charge in [-0.2, -0.15) is 4.68 Å². The summed E-state index contributed by atoms with van der Waals surface area (Å²) < 4.78 is 13.2. The second-order valence-corrected chi connectivity index (χ2v) is 8.86. The SMILES string of the molecule is Cc1nc2n(n1)C(=O)C(C(c1ccccc1Cl)N1CCC3(CC1)OCCO3)S2. The van der Waals surface area contributed by atoms with Crippen molar-refractivity contribution in [1.82, 2.24) is 19.7 Å². The van der Waals surface area contributed by atoms with Crippen LogP contribution in [0.5, 0.6) is 0 Å². The largest absolute Gasteiger partial charge is 0.347 e. The highest BCUT2D eigenvalue weighted by atomic mass is 35.5. The summed E-state index contributed by atoms with van der Waals surface area (Å²) in [5, 5.41) is 5.25. The van der Waals surface area contributed by atoms with E-state index in [-0.39, 0.29) is 17.2 Å². The fourth-order valence-corrected chi connectivity index (χ4v) is 5.83. The Labute approximate surface area is 172 Å². The third kappa shape index (κ3) is 3.07. The van der Waals surface area contributed by atoms with Crippen molar-refractivity contribution in [1.29, 1.82) is 0 Å². The summed E-state index contributed by atoms with van der Waals surface area (Å²) in [5.74, 6) is 0.109. The molecular formula is C19H21ClN4O3S. The lowest BCUT2D eigenvalue weighted by Crippen LogP contribution is -2.49. The van der Waals surface area contributed by atoms with E-state index in [1.165, 1.54) is 16.4 Å². The van der Waals surface area contributed by atoms with Crippen molar-refractivity contribution in [2.45, 2.75) is 42.0 Å². The Morgan fingerprint density at radius 1 is 1.25 bits per heavy atom. The zero-order valence-electron chi connectivity index (χ0n) is 15.5. The second-order valence-electron chi connectivity index (χ2n) is 7.34. The average Bonchev–Trinajstić information content (AvgIpc) is 3.36. The van der Waals surface area contributed by atoms with Gasteiger partial charge in [0.2, 0.25) is 0 Å². The van der Waals surface area contributed by atoms with Crippen LogP contribution in [-0.2, 0) is 9.47 Å². The first kappa shape index (κ1) is 18.6. The maximum Gasteiger partial charge on any atom is 0.264 e. The number of fused-ring (bicyclic) bond motifs is 1. The van der Waals surface area contributed by atoms with Gasteiger partial charge in [0, 0.05) is 31.0 Å². The molecule has 2 aromatic rings. The molecule has 3 aliphatic rings. The molecule has 9 heteroatoms. The van der Waals surface area contributed by atoms with Crippen molar-refractivity contribution in [2.24, 2.45) is 0 Å². The Morgan fingerprint density at radius 3 is 2.64 bits per heavy atom. The molecule has 2 saturated heterocycles. The number of carbonyl (C=O) groups excluding carboxylic acids is 1. The fourth-order valence-electron chi connectivity index (χ4n) is 4.29. The molecule has 1 spiro atoms. The molecule has 0 saturated carbocycles. The van der Waals surface area contributed by atoms with Crippen molar-refractivity contribution in [3.05, 3.63) is 40.7 Å². The van der Waals surface area contributed by atoms with Crippen LogP contribution in [0.3, 0.4) is 0 Å². The monoisotopic (exact) mass is 420 g/mol. The summed E-state index contributed by atoms with van der Waals surface area (Å²) in [6.07, 6.45) is 1.56. The van der Waals surface area contributed by atoms with Gasteiger partial charge < -0.3 is 9.47 Å². The van der Waals surface area contributed by atoms with Crippen LogP contribution in [0.15, 0.2) is 29.4 Å². The number of hydrogen-bond acceptors (Lipinski definition) is 7. The molecule has 28 heavy (non-hydrogen) atoms. The van der Waals surface area contributed by atoms with Crippen LogP contribution in [0.2, 0.25) is 5.02 Å². The molecule has 2 fully saturated rings. The van der Waals surface area contributed by atoms with E-state index in [0.717, 1.165) is 31.5 Å². The lowest BCUT2D eigenvalue weighted by atomic mass is 9.95. The number of benzene rings is 1. The number of ether oxygens (including phenoxy) is 2. The van der Waals surface area contributed by atoms with Crippen molar-refractivity contribution in [3.8, 4) is 0 Å². The highest BCUT2D eigenvalue weighted by Gasteiger charge is 2.47. The van der Waals surface area contributed by atoms with Crippen molar-refractivity contribution in [2.75, 3.05) is 26.3 Å². The van der Waals surface area contributed by atoms with E-state index in [1.807, 2.05) is 24.3 Å². The van der Waals surface area contributed by atoms with E-state index >= 15 is 0 Å². The number of nitrogens with zero attached hydrogens (tertiary/aromatic N) is 4. The number of hydrogen-bond donors (Lipinski definition) is 0. The minimum absolute atomic E-state index is 0.0424. The maximum atomic E-state index is 13.1. The Kier molecular flexibility index (Phi) is 4.71. The molecule has 0 amide bonds. The summed E-state index contributed by atoms with van der Waals surface area (Å²) in [7, 11) is 0.